The summed E-state index contributed by atoms with van der Waals surface area (Å²) in [7, 11) is 2.07. The first-order chi connectivity index (χ1) is 9.08. The highest BCUT2D eigenvalue weighted by molar-refractivity contribution is 5.53. The molecule has 0 radical (unpaired) electrons. The molecule has 0 spiro atoms. The molecule has 2 aromatic rings. The molecule has 0 atom stereocenters. The Morgan fingerprint density at radius 3 is 2.68 bits per heavy atom. The third-order valence-corrected chi connectivity index (χ3v) is 3.27. The van der Waals surface area contributed by atoms with E-state index in [0.29, 0.717) is 0 Å². The maximum absolute atomic E-state index is 6.04. The molecular weight excluding hydrogens is 236 g/mol. The molecule has 4 nitrogen and oxygen atoms in total. The minimum atomic E-state index is 0.783. The van der Waals surface area contributed by atoms with Crippen LogP contribution in [0.3, 0.4) is 0 Å². The molecule has 100 valence electrons. The van der Waals surface area contributed by atoms with Crippen LogP contribution in [0.1, 0.15) is 22.4 Å². The van der Waals surface area contributed by atoms with E-state index in [0.717, 1.165) is 35.6 Å². The van der Waals surface area contributed by atoms with Crippen LogP contribution in [0.4, 0.5) is 5.69 Å². The van der Waals surface area contributed by atoms with Gasteiger partial charge in [0.2, 0.25) is 0 Å². The molecule has 0 aliphatic carbocycles. The van der Waals surface area contributed by atoms with Crippen LogP contribution in [0.5, 0.6) is 0 Å². The smallest absolute Gasteiger partial charge is 0.0593 e. The predicted molar refractivity (Wildman–Crippen MR) is 77.5 cm³/mol. The number of nitrogens with zero attached hydrogens (tertiary/aromatic N) is 3. The topological polar surface area (TPSA) is 55.0 Å². The van der Waals surface area contributed by atoms with Gasteiger partial charge in [-0.05, 0) is 43.7 Å². The summed E-state index contributed by atoms with van der Waals surface area (Å²) in [4.78, 5) is 10.8. The van der Waals surface area contributed by atoms with Crippen LogP contribution in [0.15, 0.2) is 30.7 Å². The molecule has 2 rings (SSSR count). The van der Waals surface area contributed by atoms with Crippen molar-refractivity contribution < 1.29 is 0 Å². The van der Waals surface area contributed by atoms with E-state index in [9.17, 15) is 0 Å². The number of hydrogen-bond acceptors (Lipinski definition) is 4. The van der Waals surface area contributed by atoms with Crippen LogP contribution in [-0.4, -0.2) is 21.9 Å². The Bertz CT molecular complexity index is 552. The van der Waals surface area contributed by atoms with E-state index in [2.05, 4.69) is 28.0 Å². The molecule has 0 aromatic carbocycles. The van der Waals surface area contributed by atoms with Crippen molar-refractivity contribution in [2.75, 3.05) is 12.8 Å². The Labute approximate surface area is 114 Å². The van der Waals surface area contributed by atoms with Crippen molar-refractivity contribution in [2.45, 2.75) is 26.9 Å². The lowest BCUT2D eigenvalue weighted by Crippen LogP contribution is -2.19. The first-order valence-electron chi connectivity index (χ1n) is 6.36. The van der Waals surface area contributed by atoms with Gasteiger partial charge in [-0.2, -0.15) is 0 Å². The molecule has 0 bridgehead atoms. The average Bonchev–Trinajstić information content (AvgIpc) is 2.41. The Morgan fingerprint density at radius 1 is 1.21 bits per heavy atom. The Balaban J connectivity index is 2.07. The van der Waals surface area contributed by atoms with Crippen LogP contribution in [-0.2, 0) is 13.1 Å². The van der Waals surface area contributed by atoms with Crippen molar-refractivity contribution in [1.82, 2.24) is 14.9 Å². The number of nitrogens with two attached hydrogens (primary N) is 1. The molecule has 0 saturated heterocycles. The van der Waals surface area contributed by atoms with E-state index in [4.69, 9.17) is 5.73 Å². The molecular formula is C15H20N4. The van der Waals surface area contributed by atoms with Crippen LogP contribution in [0, 0.1) is 13.8 Å². The van der Waals surface area contributed by atoms with E-state index in [-0.39, 0.29) is 0 Å². The molecule has 0 aliphatic rings. The Morgan fingerprint density at radius 2 is 2.00 bits per heavy atom. The first kappa shape index (κ1) is 13.5. The van der Waals surface area contributed by atoms with Gasteiger partial charge in [-0.15, -0.1) is 0 Å². The normalized spacial score (nSPS) is 10.9. The molecule has 0 aliphatic heterocycles. The SMILES string of the molecule is Cc1cnc(CN(C)Cc2cccnc2)c(C)c1N. The minimum Gasteiger partial charge on any atom is -0.398 e. The van der Waals surface area contributed by atoms with Gasteiger partial charge in [0.1, 0.15) is 0 Å². The Kier molecular flexibility index (Phi) is 4.12. The zero-order valence-electron chi connectivity index (χ0n) is 11.7. The zero-order chi connectivity index (χ0) is 13.8. The highest BCUT2D eigenvalue weighted by atomic mass is 15.1. The molecule has 0 amide bonds. The van der Waals surface area contributed by atoms with Gasteiger partial charge in [0.05, 0.1) is 5.69 Å². The van der Waals surface area contributed by atoms with Gasteiger partial charge in [-0.1, -0.05) is 6.07 Å². The summed E-state index contributed by atoms with van der Waals surface area (Å²) in [6, 6.07) is 4.03. The van der Waals surface area contributed by atoms with Crippen molar-refractivity contribution in [2.24, 2.45) is 0 Å². The fraction of sp³-hybridized carbons (Fsp3) is 0.333. The monoisotopic (exact) mass is 256 g/mol. The lowest BCUT2D eigenvalue weighted by atomic mass is 10.1. The van der Waals surface area contributed by atoms with E-state index in [1.807, 2.05) is 32.3 Å². The largest absolute Gasteiger partial charge is 0.398 e. The van der Waals surface area contributed by atoms with Crippen molar-refractivity contribution >= 4 is 5.69 Å². The number of nitrogen functional groups attached to an aromatic ring is 1. The maximum atomic E-state index is 6.04. The molecule has 2 N–H and O–H groups in total. The summed E-state index contributed by atoms with van der Waals surface area (Å²) in [5, 5.41) is 0. The lowest BCUT2D eigenvalue weighted by molar-refractivity contribution is 0.314. The van der Waals surface area contributed by atoms with Crippen molar-refractivity contribution in [3.63, 3.8) is 0 Å². The summed E-state index contributed by atoms with van der Waals surface area (Å²) in [5.74, 6) is 0. The van der Waals surface area contributed by atoms with Crippen molar-refractivity contribution in [3.05, 3.63) is 53.1 Å². The standard InChI is InChI=1S/C15H20N4/c1-11-7-18-14(12(2)15(11)16)10-19(3)9-13-5-4-6-17-8-13/h4-8H,9-10H2,1-3H3,(H2,16,18). The highest BCUT2D eigenvalue weighted by Crippen LogP contribution is 2.19. The summed E-state index contributed by atoms with van der Waals surface area (Å²) in [5.41, 5.74) is 11.2. The second-order valence-electron chi connectivity index (χ2n) is 4.96. The number of hydrogen-bond donors (Lipinski definition) is 1. The molecule has 19 heavy (non-hydrogen) atoms. The van der Waals surface area contributed by atoms with E-state index in [1.54, 1.807) is 6.20 Å². The third-order valence-electron chi connectivity index (χ3n) is 3.27. The van der Waals surface area contributed by atoms with Crippen LogP contribution in [0.25, 0.3) is 0 Å². The molecule has 4 heteroatoms. The molecule has 0 saturated carbocycles. The number of pyridine rings is 2. The van der Waals surface area contributed by atoms with E-state index >= 15 is 0 Å². The summed E-state index contributed by atoms with van der Waals surface area (Å²) < 4.78 is 0. The van der Waals surface area contributed by atoms with Crippen LogP contribution < -0.4 is 5.73 Å². The lowest BCUT2D eigenvalue weighted by Gasteiger charge is -2.18. The summed E-state index contributed by atoms with van der Waals surface area (Å²) in [6.07, 6.45) is 5.52. The fourth-order valence-corrected chi connectivity index (χ4v) is 2.07. The minimum absolute atomic E-state index is 0.783. The molecule has 0 fully saturated rings. The van der Waals surface area contributed by atoms with Crippen LogP contribution >= 0.6 is 0 Å². The van der Waals surface area contributed by atoms with E-state index in [1.165, 1.54) is 5.56 Å². The summed E-state index contributed by atoms with van der Waals surface area (Å²) >= 11 is 0. The number of aryl methyl sites for hydroxylation is 1. The third kappa shape index (κ3) is 3.29. The Hall–Kier alpha value is -1.94. The van der Waals surface area contributed by atoms with Gasteiger partial charge < -0.3 is 5.73 Å². The van der Waals surface area contributed by atoms with Gasteiger partial charge in [0.25, 0.3) is 0 Å². The molecule has 2 aromatic heterocycles. The zero-order valence-corrected chi connectivity index (χ0v) is 11.7. The highest BCUT2D eigenvalue weighted by Gasteiger charge is 2.09. The first-order valence-corrected chi connectivity index (χ1v) is 6.36. The van der Waals surface area contributed by atoms with Crippen molar-refractivity contribution in [3.8, 4) is 0 Å². The average molecular weight is 256 g/mol. The van der Waals surface area contributed by atoms with Crippen molar-refractivity contribution in [1.29, 1.82) is 0 Å². The van der Waals surface area contributed by atoms with Gasteiger partial charge in [-0.3, -0.25) is 14.9 Å². The molecule has 0 unspecified atom stereocenters. The predicted octanol–water partition coefficient (Wildman–Crippen LogP) is 2.31. The summed E-state index contributed by atoms with van der Waals surface area (Å²) in [6.45, 7) is 5.65. The van der Waals surface area contributed by atoms with Gasteiger partial charge in [0.15, 0.2) is 0 Å². The number of anilines is 1. The quantitative estimate of drug-likeness (QED) is 0.912. The second kappa shape index (κ2) is 5.80. The fourth-order valence-electron chi connectivity index (χ4n) is 2.07. The maximum Gasteiger partial charge on any atom is 0.0593 e. The second-order valence-corrected chi connectivity index (χ2v) is 4.96. The molecule has 2 heterocycles. The number of aromatic nitrogens is 2. The van der Waals surface area contributed by atoms with Gasteiger partial charge >= 0.3 is 0 Å². The number of rotatable bonds is 4. The van der Waals surface area contributed by atoms with Crippen LogP contribution in [0.2, 0.25) is 0 Å². The van der Waals surface area contributed by atoms with E-state index < -0.39 is 0 Å². The van der Waals surface area contributed by atoms with Gasteiger partial charge in [-0.25, -0.2) is 0 Å². The van der Waals surface area contributed by atoms with Gasteiger partial charge in [0, 0.05) is 37.4 Å².